The molecule has 3 amide bonds. The maximum atomic E-state index is 12.9. The molecule has 160 valence electrons. The van der Waals surface area contributed by atoms with Crippen LogP contribution in [0.1, 0.15) is 24.0 Å². The number of urea groups is 1. The van der Waals surface area contributed by atoms with E-state index in [9.17, 15) is 22.8 Å². The van der Waals surface area contributed by atoms with Gasteiger partial charge in [0.05, 0.1) is 11.9 Å². The number of aromatic nitrogens is 3. The molecule has 0 spiro atoms. The predicted molar refractivity (Wildman–Crippen MR) is 104 cm³/mol. The molecular formula is C18H20F3N7O2. The first-order valence-corrected chi connectivity index (χ1v) is 9.25. The number of pyridine rings is 1. The van der Waals surface area contributed by atoms with E-state index in [4.69, 9.17) is 0 Å². The van der Waals surface area contributed by atoms with E-state index in [1.165, 1.54) is 17.3 Å². The van der Waals surface area contributed by atoms with Crippen molar-refractivity contribution in [3.05, 3.63) is 36.4 Å². The van der Waals surface area contributed by atoms with Crippen LogP contribution in [0.2, 0.25) is 0 Å². The number of hydrogen-bond acceptors (Lipinski definition) is 6. The Morgan fingerprint density at radius 2 is 2.00 bits per heavy atom. The van der Waals surface area contributed by atoms with Crippen molar-refractivity contribution in [2.24, 2.45) is 0 Å². The smallest absolute Gasteiger partial charge is 0.367 e. The highest BCUT2D eigenvalue weighted by Crippen LogP contribution is 2.30. The molecule has 2 N–H and O–H groups in total. The number of halogens is 3. The summed E-state index contributed by atoms with van der Waals surface area (Å²) in [6, 6.07) is 4.51. The summed E-state index contributed by atoms with van der Waals surface area (Å²) >= 11 is 0. The Morgan fingerprint density at radius 1 is 1.20 bits per heavy atom. The molecule has 0 fully saturated rings. The lowest BCUT2D eigenvalue weighted by atomic mass is 10.3. The third kappa shape index (κ3) is 5.13. The van der Waals surface area contributed by atoms with E-state index in [-0.39, 0.29) is 5.82 Å². The van der Waals surface area contributed by atoms with Gasteiger partial charge in [-0.1, -0.05) is 6.07 Å². The van der Waals surface area contributed by atoms with Crippen molar-refractivity contribution in [3.63, 3.8) is 0 Å². The molecule has 1 aliphatic rings. The lowest BCUT2D eigenvalue weighted by Gasteiger charge is -2.24. The zero-order valence-corrected chi connectivity index (χ0v) is 16.1. The molecule has 0 bridgehead atoms. The number of nitrogens with one attached hydrogen (secondary N) is 2. The number of carbonyl (C=O) groups is 2. The zero-order chi connectivity index (χ0) is 21.7. The number of rotatable bonds is 4. The average Bonchev–Trinajstić information content (AvgIpc) is 2.91. The molecule has 0 unspecified atom stereocenters. The Hall–Kier alpha value is -3.44. The summed E-state index contributed by atoms with van der Waals surface area (Å²) in [5.74, 6) is -1.05. The van der Waals surface area contributed by atoms with Crippen LogP contribution >= 0.6 is 0 Å². The van der Waals surface area contributed by atoms with Crippen LogP contribution in [0.4, 0.5) is 35.3 Å². The first kappa shape index (κ1) is 21.3. The van der Waals surface area contributed by atoms with Crippen LogP contribution in [-0.2, 0) is 0 Å². The van der Waals surface area contributed by atoms with Crippen molar-refractivity contribution in [2.75, 3.05) is 41.3 Å². The summed E-state index contributed by atoms with van der Waals surface area (Å²) in [5.41, 5.74) is 0.513. The average molecular weight is 423 g/mol. The van der Waals surface area contributed by atoms with Gasteiger partial charge in [0.15, 0.2) is 5.82 Å². The highest BCUT2D eigenvalue weighted by atomic mass is 19.4. The molecule has 12 heteroatoms. The fraction of sp³-hybridized carbons (Fsp3) is 0.389. The molecule has 0 saturated heterocycles. The van der Waals surface area contributed by atoms with Gasteiger partial charge in [0, 0.05) is 25.8 Å². The topological polar surface area (TPSA) is 103 Å². The van der Waals surface area contributed by atoms with Gasteiger partial charge in [0.2, 0.25) is 5.82 Å². The number of hydrogen-bond donors (Lipinski definition) is 2. The molecule has 0 radical (unpaired) electrons. The van der Waals surface area contributed by atoms with Gasteiger partial charge in [-0.15, -0.1) is 0 Å². The van der Waals surface area contributed by atoms with Crippen LogP contribution in [-0.4, -0.2) is 59.2 Å². The quantitative estimate of drug-likeness (QED) is 0.783. The molecule has 0 aliphatic carbocycles. The maximum Gasteiger partial charge on any atom is 0.405 e. The highest BCUT2D eigenvalue weighted by Gasteiger charge is 2.30. The van der Waals surface area contributed by atoms with Crippen LogP contribution in [0.3, 0.4) is 0 Å². The van der Waals surface area contributed by atoms with Gasteiger partial charge in [-0.05, 0) is 25.5 Å². The maximum absolute atomic E-state index is 12.9. The van der Waals surface area contributed by atoms with E-state index in [0.717, 1.165) is 0 Å². The third-order valence-electron chi connectivity index (χ3n) is 4.34. The van der Waals surface area contributed by atoms with E-state index >= 15 is 0 Å². The summed E-state index contributed by atoms with van der Waals surface area (Å²) in [6.45, 7) is 1.93. The number of fused-ring (bicyclic) bond motifs is 1. The van der Waals surface area contributed by atoms with Crippen LogP contribution in [0.25, 0.3) is 0 Å². The lowest BCUT2D eigenvalue weighted by Crippen LogP contribution is -2.38. The Labute approximate surface area is 170 Å². The third-order valence-corrected chi connectivity index (χ3v) is 4.34. The fourth-order valence-corrected chi connectivity index (χ4v) is 2.94. The van der Waals surface area contributed by atoms with Crippen molar-refractivity contribution in [3.8, 4) is 0 Å². The zero-order valence-electron chi connectivity index (χ0n) is 16.1. The second-order valence-electron chi connectivity index (χ2n) is 6.43. The van der Waals surface area contributed by atoms with Crippen LogP contribution in [0.5, 0.6) is 0 Å². The van der Waals surface area contributed by atoms with E-state index in [1.807, 2.05) is 11.8 Å². The molecule has 0 saturated carbocycles. The molecule has 9 nitrogen and oxygen atoms in total. The van der Waals surface area contributed by atoms with Gasteiger partial charge < -0.3 is 10.2 Å². The second-order valence-corrected chi connectivity index (χ2v) is 6.43. The van der Waals surface area contributed by atoms with Crippen molar-refractivity contribution >= 4 is 29.3 Å². The van der Waals surface area contributed by atoms with E-state index in [1.54, 1.807) is 23.5 Å². The van der Waals surface area contributed by atoms with E-state index in [2.05, 4.69) is 20.3 Å². The molecule has 2 aromatic rings. The first-order chi connectivity index (χ1) is 14.3. The standard InChI is InChI=1S/C18H20F3N7O2/c1-2-27-8-5-9-28(17(30)25-13-6-3-4-7-22-13)15-12(27)10-23-14(26-15)16(29)24-11-18(19,20)21/h3-4,6-7,10H,2,5,8-9,11H2,1H3,(H,24,29)(H,22,25,30). The van der Waals surface area contributed by atoms with Crippen molar-refractivity contribution in [2.45, 2.75) is 19.5 Å². The predicted octanol–water partition coefficient (Wildman–Crippen LogP) is 2.43. The SMILES string of the molecule is CCN1CCCN(C(=O)Nc2ccccn2)c2nc(C(=O)NCC(F)(F)F)ncc21. The normalized spacial score (nSPS) is 14.0. The molecule has 3 heterocycles. The minimum absolute atomic E-state index is 0.148. The van der Waals surface area contributed by atoms with Crippen LogP contribution in [0, 0.1) is 0 Å². The number of nitrogens with zero attached hydrogens (tertiary/aromatic N) is 5. The van der Waals surface area contributed by atoms with Gasteiger partial charge in [-0.3, -0.25) is 15.0 Å². The van der Waals surface area contributed by atoms with Gasteiger partial charge in [-0.2, -0.15) is 13.2 Å². The number of alkyl halides is 3. The van der Waals surface area contributed by atoms with Gasteiger partial charge in [0.1, 0.15) is 12.4 Å². The lowest BCUT2D eigenvalue weighted by molar-refractivity contribution is -0.123. The Kier molecular flexibility index (Phi) is 6.33. The van der Waals surface area contributed by atoms with E-state index < -0.39 is 30.5 Å². The fourth-order valence-electron chi connectivity index (χ4n) is 2.94. The Morgan fingerprint density at radius 3 is 2.67 bits per heavy atom. The van der Waals surface area contributed by atoms with Crippen molar-refractivity contribution in [1.82, 2.24) is 20.3 Å². The minimum Gasteiger partial charge on any atom is -0.367 e. The number of anilines is 3. The minimum atomic E-state index is -4.56. The summed E-state index contributed by atoms with van der Waals surface area (Å²) in [5, 5.41) is 4.39. The van der Waals surface area contributed by atoms with Crippen molar-refractivity contribution in [1.29, 1.82) is 0 Å². The number of carbonyl (C=O) groups excluding carboxylic acids is 2. The molecule has 3 rings (SSSR count). The van der Waals surface area contributed by atoms with Crippen LogP contribution in [0.15, 0.2) is 30.6 Å². The molecular weight excluding hydrogens is 403 g/mol. The Bertz CT molecular complexity index is 908. The molecule has 2 aromatic heterocycles. The highest BCUT2D eigenvalue weighted by molar-refractivity contribution is 6.03. The Balaban J connectivity index is 1.91. The molecule has 0 aromatic carbocycles. The number of amides is 3. The summed E-state index contributed by atoms with van der Waals surface area (Å²) in [7, 11) is 0. The molecule has 30 heavy (non-hydrogen) atoms. The monoisotopic (exact) mass is 423 g/mol. The first-order valence-electron chi connectivity index (χ1n) is 9.25. The second kappa shape index (κ2) is 8.93. The van der Waals surface area contributed by atoms with E-state index in [0.29, 0.717) is 37.6 Å². The van der Waals surface area contributed by atoms with Crippen LogP contribution < -0.4 is 20.4 Å². The summed E-state index contributed by atoms with van der Waals surface area (Å²) in [6.07, 6.45) is -1.07. The summed E-state index contributed by atoms with van der Waals surface area (Å²) in [4.78, 5) is 40.3. The molecule has 0 atom stereocenters. The van der Waals surface area contributed by atoms with Crippen molar-refractivity contribution < 1.29 is 22.8 Å². The van der Waals surface area contributed by atoms with Gasteiger partial charge in [0.25, 0.3) is 5.91 Å². The van der Waals surface area contributed by atoms with Gasteiger partial charge in [-0.25, -0.2) is 19.7 Å². The van der Waals surface area contributed by atoms with Gasteiger partial charge >= 0.3 is 12.2 Å². The largest absolute Gasteiger partial charge is 0.405 e. The summed E-state index contributed by atoms with van der Waals surface area (Å²) < 4.78 is 37.2. The molecule has 1 aliphatic heterocycles.